The molecule has 2 rings (SSSR count). The molecule has 2 aromatic rings. The number of thiophene rings is 1. The third-order valence-corrected chi connectivity index (χ3v) is 5.64. The van der Waals surface area contributed by atoms with Crippen molar-refractivity contribution < 1.29 is 8.42 Å². The molecule has 0 saturated heterocycles. The quantitative estimate of drug-likeness (QED) is 0.828. The number of hydrogen-bond donors (Lipinski definition) is 2. The van der Waals surface area contributed by atoms with Crippen molar-refractivity contribution in [1.29, 1.82) is 0 Å². The highest BCUT2D eigenvalue weighted by molar-refractivity contribution is 9.11. The summed E-state index contributed by atoms with van der Waals surface area (Å²) in [6, 6.07) is 1.60. The van der Waals surface area contributed by atoms with Crippen LogP contribution >= 0.6 is 27.3 Å². The fraction of sp³-hybridized carbons (Fsp3) is 0.222. The molecular formula is C9H10BrN5O2S2. The predicted octanol–water partition coefficient (Wildman–Crippen LogP) is 1.22. The molecule has 0 unspecified atom stereocenters. The van der Waals surface area contributed by atoms with Gasteiger partial charge in [-0.1, -0.05) is 0 Å². The Labute approximate surface area is 122 Å². The lowest BCUT2D eigenvalue weighted by Crippen LogP contribution is -2.15. The Hall–Kier alpha value is -1.10. The number of nitrogens with one attached hydrogen (secondary N) is 2. The Morgan fingerprint density at radius 1 is 1.42 bits per heavy atom. The van der Waals surface area contributed by atoms with Gasteiger partial charge in [-0.2, -0.15) is 5.10 Å². The Morgan fingerprint density at radius 3 is 2.84 bits per heavy atom. The third kappa shape index (κ3) is 3.47. The van der Waals surface area contributed by atoms with Crippen LogP contribution in [-0.2, 0) is 16.6 Å². The maximum Gasteiger partial charge on any atom is 0.266 e. The van der Waals surface area contributed by atoms with Crippen LogP contribution in [0.15, 0.2) is 27.1 Å². The average Bonchev–Trinajstić information content (AvgIpc) is 2.72. The second kappa shape index (κ2) is 5.90. The van der Waals surface area contributed by atoms with Gasteiger partial charge in [0.25, 0.3) is 16.0 Å². The molecule has 0 bridgehead atoms. The first-order chi connectivity index (χ1) is 9.03. The van der Waals surface area contributed by atoms with Crippen molar-refractivity contribution in [2.45, 2.75) is 11.4 Å². The normalized spacial score (nSPS) is 11.5. The minimum Gasteiger partial charge on any atom is -0.315 e. The van der Waals surface area contributed by atoms with Gasteiger partial charge in [-0.3, -0.25) is 0 Å². The molecule has 0 atom stereocenters. The highest BCUT2D eigenvalue weighted by Gasteiger charge is 2.21. The first-order valence-electron chi connectivity index (χ1n) is 5.12. The van der Waals surface area contributed by atoms with Crippen molar-refractivity contribution >= 4 is 43.2 Å². The van der Waals surface area contributed by atoms with Crippen LogP contribution in [0.3, 0.4) is 0 Å². The lowest BCUT2D eigenvalue weighted by atomic mass is 10.5. The van der Waals surface area contributed by atoms with E-state index in [1.165, 1.54) is 23.7 Å². The summed E-state index contributed by atoms with van der Waals surface area (Å²) in [6.07, 6.45) is 2.73. The van der Waals surface area contributed by atoms with E-state index in [9.17, 15) is 8.42 Å². The van der Waals surface area contributed by atoms with Gasteiger partial charge in [0.05, 0.1) is 16.2 Å². The molecule has 0 aliphatic heterocycles. The van der Waals surface area contributed by atoms with Crippen molar-refractivity contribution in [2.75, 3.05) is 11.8 Å². The van der Waals surface area contributed by atoms with E-state index < -0.39 is 10.0 Å². The summed E-state index contributed by atoms with van der Waals surface area (Å²) in [5, 5.41) is 10.1. The molecule has 10 heteroatoms. The Balaban J connectivity index is 2.29. The van der Waals surface area contributed by atoms with E-state index in [0.717, 1.165) is 4.88 Å². The van der Waals surface area contributed by atoms with Gasteiger partial charge in [-0.05, 0) is 29.0 Å². The van der Waals surface area contributed by atoms with Crippen molar-refractivity contribution in [2.24, 2.45) is 0 Å². The zero-order chi connectivity index (χ0) is 13.9. The van der Waals surface area contributed by atoms with E-state index in [4.69, 9.17) is 0 Å². The van der Waals surface area contributed by atoms with Crippen LogP contribution in [0.4, 0.5) is 5.95 Å². The lowest BCUT2D eigenvalue weighted by molar-refractivity contribution is 0.600. The topological polar surface area (TPSA) is 96.9 Å². The van der Waals surface area contributed by atoms with Crippen LogP contribution in [0.1, 0.15) is 4.88 Å². The molecule has 19 heavy (non-hydrogen) atoms. The van der Waals surface area contributed by atoms with Crippen LogP contribution in [0.25, 0.3) is 0 Å². The highest BCUT2D eigenvalue weighted by atomic mass is 79.9. The van der Waals surface area contributed by atoms with Crippen molar-refractivity contribution in [3.05, 3.63) is 27.1 Å². The van der Waals surface area contributed by atoms with Crippen molar-refractivity contribution in [3.63, 3.8) is 0 Å². The van der Waals surface area contributed by atoms with Gasteiger partial charge in [0.2, 0.25) is 0 Å². The minimum atomic E-state index is -3.72. The summed E-state index contributed by atoms with van der Waals surface area (Å²) < 4.78 is 27.2. The van der Waals surface area contributed by atoms with Gasteiger partial charge < -0.3 is 5.32 Å². The molecule has 2 heterocycles. The molecule has 102 valence electrons. The number of sulfonamides is 1. The molecule has 0 saturated carbocycles. The summed E-state index contributed by atoms with van der Waals surface area (Å²) in [7, 11) is -1.93. The summed E-state index contributed by atoms with van der Waals surface area (Å²) >= 11 is 4.61. The molecule has 2 N–H and O–H groups in total. The smallest absolute Gasteiger partial charge is 0.266 e. The van der Waals surface area contributed by atoms with E-state index in [1.807, 2.05) is 0 Å². The van der Waals surface area contributed by atoms with Crippen LogP contribution in [-0.4, -0.2) is 30.6 Å². The molecule has 0 amide bonds. The van der Waals surface area contributed by atoms with Crippen molar-refractivity contribution in [3.8, 4) is 0 Å². The van der Waals surface area contributed by atoms with E-state index in [0.29, 0.717) is 10.3 Å². The standard InChI is InChI=1S/C9H10BrN5O2S2/c1-11-5-6-4-7(8(10)18-6)19(16,17)15-9-12-2-3-13-14-9/h2-4,11H,5H2,1H3,(H,12,14,15). The maximum atomic E-state index is 12.2. The predicted molar refractivity (Wildman–Crippen MR) is 75.4 cm³/mol. The fourth-order valence-electron chi connectivity index (χ4n) is 1.31. The number of hydrogen-bond acceptors (Lipinski definition) is 7. The highest BCUT2D eigenvalue weighted by Crippen LogP contribution is 2.32. The Kier molecular flexibility index (Phi) is 4.45. The molecule has 0 aliphatic carbocycles. The lowest BCUT2D eigenvalue weighted by Gasteiger charge is -2.03. The van der Waals surface area contributed by atoms with E-state index >= 15 is 0 Å². The van der Waals surface area contributed by atoms with Gasteiger partial charge in [0, 0.05) is 11.4 Å². The minimum absolute atomic E-state index is 0.0595. The average molecular weight is 364 g/mol. The van der Waals surface area contributed by atoms with E-state index in [1.54, 1.807) is 13.1 Å². The van der Waals surface area contributed by atoms with Crippen LogP contribution in [0.2, 0.25) is 0 Å². The SMILES string of the molecule is CNCc1cc(S(=O)(=O)Nc2nccnn2)c(Br)s1. The fourth-order valence-corrected chi connectivity index (χ4v) is 4.95. The molecule has 0 aliphatic rings. The van der Waals surface area contributed by atoms with E-state index in [2.05, 4.69) is 41.2 Å². The molecule has 0 aromatic carbocycles. The second-order valence-electron chi connectivity index (χ2n) is 3.45. The number of aromatic nitrogens is 3. The summed E-state index contributed by atoms with van der Waals surface area (Å²) in [5.41, 5.74) is 0. The molecule has 7 nitrogen and oxygen atoms in total. The molecule has 0 radical (unpaired) electrons. The second-order valence-corrected chi connectivity index (χ2v) is 7.56. The van der Waals surface area contributed by atoms with Crippen molar-refractivity contribution in [1.82, 2.24) is 20.5 Å². The van der Waals surface area contributed by atoms with Gasteiger partial charge >= 0.3 is 0 Å². The largest absolute Gasteiger partial charge is 0.315 e. The molecule has 0 fully saturated rings. The summed E-state index contributed by atoms with van der Waals surface area (Å²) in [6.45, 7) is 0.599. The van der Waals surface area contributed by atoms with Gasteiger partial charge in [-0.25, -0.2) is 18.1 Å². The third-order valence-electron chi connectivity index (χ3n) is 2.06. The van der Waals surface area contributed by atoms with Crippen LogP contribution in [0.5, 0.6) is 0 Å². The number of rotatable bonds is 5. The van der Waals surface area contributed by atoms with Gasteiger partial charge in [0.15, 0.2) is 0 Å². The Bertz CT molecular complexity index is 659. The van der Waals surface area contributed by atoms with Gasteiger partial charge in [-0.15, -0.1) is 16.4 Å². The maximum absolute atomic E-state index is 12.2. The molecule has 2 aromatic heterocycles. The van der Waals surface area contributed by atoms with E-state index in [-0.39, 0.29) is 10.8 Å². The first kappa shape index (κ1) is 14.3. The summed E-state index contributed by atoms with van der Waals surface area (Å²) in [5.74, 6) is -0.0595. The monoisotopic (exact) mass is 363 g/mol. The van der Waals surface area contributed by atoms with Crippen LogP contribution in [0, 0.1) is 0 Å². The summed E-state index contributed by atoms with van der Waals surface area (Å²) in [4.78, 5) is 4.84. The number of halogens is 1. The zero-order valence-electron chi connectivity index (χ0n) is 9.79. The van der Waals surface area contributed by atoms with Crippen LogP contribution < -0.4 is 10.0 Å². The number of anilines is 1. The number of nitrogens with zero attached hydrogens (tertiary/aromatic N) is 3. The zero-order valence-corrected chi connectivity index (χ0v) is 13.0. The first-order valence-corrected chi connectivity index (χ1v) is 8.21. The molecular weight excluding hydrogens is 354 g/mol. The van der Waals surface area contributed by atoms with Gasteiger partial charge in [0.1, 0.15) is 4.90 Å². The molecule has 0 spiro atoms. The Morgan fingerprint density at radius 2 is 2.21 bits per heavy atom.